The molecule has 0 saturated carbocycles. The first kappa shape index (κ1) is 20.1. The van der Waals surface area contributed by atoms with Crippen LogP contribution in [0.2, 0.25) is 0 Å². The molecule has 144 valence electrons. The predicted octanol–water partition coefficient (Wildman–Crippen LogP) is 3.11. The highest BCUT2D eigenvalue weighted by molar-refractivity contribution is 5.97. The van der Waals surface area contributed by atoms with E-state index >= 15 is 0 Å². The highest BCUT2D eigenvalue weighted by Gasteiger charge is 2.08. The van der Waals surface area contributed by atoms with E-state index in [4.69, 9.17) is 9.47 Å². The van der Waals surface area contributed by atoms with Crippen LogP contribution in [0, 0.1) is 0 Å². The molecule has 1 amide bonds. The van der Waals surface area contributed by atoms with Crippen molar-refractivity contribution >= 4 is 23.2 Å². The Kier molecular flexibility index (Phi) is 7.96. The fourth-order valence-electron chi connectivity index (χ4n) is 2.34. The number of carbonyl (C=O) groups is 1. The van der Waals surface area contributed by atoms with Crippen LogP contribution in [-0.4, -0.2) is 38.7 Å². The molecule has 0 unspecified atom stereocenters. The molecule has 0 fully saturated rings. The highest BCUT2D eigenvalue weighted by atomic mass is 16.5. The molecule has 0 atom stereocenters. The molecule has 0 saturated heterocycles. The van der Waals surface area contributed by atoms with Crippen LogP contribution in [0.5, 0.6) is 11.5 Å². The van der Waals surface area contributed by atoms with E-state index in [1.807, 2.05) is 62.4 Å². The number of ether oxygens (including phenoxy) is 2. The fraction of sp³-hybridized carbons (Fsp3) is 0.300. The van der Waals surface area contributed by atoms with Crippen LogP contribution in [0.15, 0.2) is 53.5 Å². The molecule has 0 aliphatic carbocycles. The van der Waals surface area contributed by atoms with Crippen LogP contribution in [-0.2, 0) is 4.79 Å². The zero-order chi connectivity index (χ0) is 19.5. The van der Waals surface area contributed by atoms with E-state index in [-0.39, 0.29) is 12.5 Å². The smallest absolute Gasteiger partial charge is 0.246 e. The second kappa shape index (κ2) is 10.7. The summed E-state index contributed by atoms with van der Waals surface area (Å²) in [6.07, 6.45) is 0. The van der Waals surface area contributed by atoms with Crippen LogP contribution in [0.25, 0.3) is 0 Å². The molecule has 2 aromatic rings. The Morgan fingerprint density at radius 1 is 1.00 bits per heavy atom. The van der Waals surface area contributed by atoms with Crippen molar-refractivity contribution in [3.8, 4) is 11.5 Å². The summed E-state index contributed by atoms with van der Waals surface area (Å²) < 4.78 is 10.9. The Hall–Kier alpha value is -3.22. The molecule has 0 radical (unpaired) electrons. The minimum atomic E-state index is -0.192. The molecule has 0 bridgehead atoms. The summed E-state index contributed by atoms with van der Waals surface area (Å²) in [6.45, 7) is 5.10. The van der Waals surface area contributed by atoms with Crippen molar-refractivity contribution in [3.63, 3.8) is 0 Å². The molecule has 0 heterocycles. The topological polar surface area (TPSA) is 84.0 Å². The third-order valence-corrected chi connectivity index (χ3v) is 3.51. The zero-order valence-electron chi connectivity index (χ0n) is 15.9. The van der Waals surface area contributed by atoms with Crippen molar-refractivity contribution in [1.29, 1.82) is 0 Å². The van der Waals surface area contributed by atoms with E-state index in [9.17, 15) is 4.79 Å². The lowest BCUT2D eigenvalue weighted by Gasteiger charge is -2.14. The van der Waals surface area contributed by atoms with Crippen molar-refractivity contribution in [2.75, 3.05) is 37.4 Å². The molecule has 7 nitrogen and oxygen atoms in total. The van der Waals surface area contributed by atoms with Gasteiger partial charge >= 0.3 is 0 Å². The molecular formula is C20H26N4O3. The number of benzene rings is 2. The van der Waals surface area contributed by atoms with E-state index in [1.54, 1.807) is 7.11 Å². The van der Waals surface area contributed by atoms with E-state index in [2.05, 4.69) is 20.9 Å². The molecule has 0 aliphatic rings. The van der Waals surface area contributed by atoms with E-state index in [1.165, 1.54) is 0 Å². The lowest BCUT2D eigenvalue weighted by Crippen LogP contribution is -2.31. The van der Waals surface area contributed by atoms with Gasteiger partial charge < -0.3 is 25.4 Å². The van der Waals surface area contributed by atoms with E-state index in [0.717, 1.165) is 11.4 Å². The van der Waals surface area contributed by atoms with Gasteiger partial charge in [-0.3, -0.25) is 4.79 Å². The summed E-state index contributed by atoms with van der Waals surface area (Å²) in [5.74, 6) is 1.61. The van der Waals surface area contributed by atoms with Crippen molar-refractivity contribution in [3.05, 3.63) is 48.5 Å². The van der Waals surface area contributed by atoms with Crippen LogP contribution in [0.1, 0.15) is 13.8 Å². The Morgan fingerprint density at radius 3 is 2.44 bits per heavy atom. The summed E-state index contributed by atoms with van der Waals surface area (Å²) in [7, 11) is 1.59. The number of nitrogens with one attached hydrogen (secondary N) is 3. The number of anilines is 2. The number of hydrogen-bond acceptors (Lipinski definition) is 4. The van der Waals surface area contributed by atoms with Gasteiger partial charge in [-0.1, -0.05) is 18.2 Å². The van der Waals surface area contributed by atoms with Crippen molar-refractivity contribution < 1.29 is 14.3 Å². The quantitative estimate of drug-likeness (QED) is 0.491. The number of hydrogen-bond donors (Lipinski definition) is 3. The largest absolute Gasteiger partial charge is 0.493 e. The Bertz CT molecular complexity index is 763. The molecule has 0 aromatic heterocycles. The third kappa shape index (κ3) is 6.54. The summed E-state index contributed by atoms with van der Waals surface area (Å²) in [6, 6.07) is 14.8. The number of para-hydroxylation sites is 1. The number of rotatable bonds is 8. The van der Waals surface area contributed by atoms with Gasteiger partial charge in [0.05, 0.1) is 13.7 Å². The van der Waals surface area contributed by atoms with Gasteiger partial charge in [0.25, 0.3) is 0 Å². The summed E-state index contributed by atoms with van der Waals surface area (Å²) >= 11 is 0. The molecule has 0 spiro atoms. The molecule has 2 aromatic carbocycles. The molecular weight excluding hydrogens is 344 g/mol. The lowest BCUT2D eigenvalue weighted by molar-refractivity contribution is -0.114. The van der Waals surface area contributed by atoms with Gasteiger partial charge in [-0.15, -0.1) is 0 Å². The molecule has 3 N–H and O–H groups in total. The third-order valence-electron chi connectivity index (χ3n) is 3.51. The number of methoxy groups -OCH3 is 1. The van der Waals surface area contributed by atoms with Crippen molar-refractivity contribution in [2.45, 2.75) is 13.8 Å². The maximum Gasteiger partial charge on any atom is 0.246 e. The van der Waals surface area contributed by atoms with Gasteiger partial charge in [0, 0.05) is 24.0 Å². The van der Waals surface area contributed by atoms with E-state index in [0.29, 0.717) is 30.6 Å². The molecule has 0 aliphatic heterocycles. The minimum absolute atomic E-state index is 0.00160. The second-order valence-electron chi connectivity index (χ2n) is 5.53. The van der Waals surface area contributed by atoms with Gasteiger partial charge in [-0.25, -0.2) is 4.99 Å². The number of amides is 1. The SMILES string of the molecule is CCNC(=NCC(=O)Nc1ccccc1)Nc1ccc(OCC)c(OC)c1. The maximum absolute atomic E-state index is 12.1. The Morgan fingerprint density at radius 2 is 1.78 bits per heavy atom. The van der Waals surface area contributed by atoms with Gasteiger partial charge in [-0.05, 0) is 38.1 Å². The van der Waals surface area contributed by atoms with Gasteiger partial charge in [-0.2, -0.15) is 0 Å². The average molecular weight is 370 g/mol. The predicted molar refractivity (Wildman–Crippen MR) is 109 cm³/mol. The van der Waals surface area contributed by atoms with Crippen LogP contribution in [0.4, 0.5) is 11.4 Å². The first-order valence-corrected chi connectivity index (χ1v) is 8.87. The minimum Gasteiger partial charge on any atom is -0.493 e. The van der Waals surface area contributed by atoms with Crippen LogP contribution < -0.4 is 25.4 Å². The monoisotopic (exact) mass is 370 g/mol. The average Bonchev–Trinajstić information content (AvgIpc) is 2.68. The number of guanidine groups is 1. The maximum atomic E-state index is 12.1. The first-order chi connectivity index (χ1) is 13.2. The first-order valence-electron chi connectivity index (χ1n) is 8.87. The summed E-state index contributed by atoms with van der Waals surface area (Å²) in [4.78, 5) is 16.4. The normalized spacial score (nSPS) is 10.9. The number of nitrogens with zero attached hydrogens (tertiary/aromatic N) is 1. The second-order valence-corrected chi connectivity index (χ2v) is 5.53. The van der Waals surface area contributed by atoms with Gasteiger partial charge in [0.1, 0.15) is 6.54 Å². The zero-order valence-corrected chi connectivity index (χ0v) is 15.9. The summed E-state index contributed by atoms with van der Waals surface area (Å²) in [5, 5.41) is 9.09. The highest BCUT2D eigenvalue weighted by Crippen LogP contribution is 2.30. The fourth-order valence-corrected chi connectivity index (χ4v) is 2.34. The number of aliphatic imine (C=N–C) groups is 1. The summed E-state index contributed by atoms with van der Waals surface area (Å²) in [5.41, 5.74) is 1.52. The Balaban J connectivity index is 2.03. The Labute approximate surface area is 159 Å². The lowest BCUT2D eigenvalue weighted by atomic mass is 10.2. The van der Waals surface area contributed by atoms with Gasteiger partial charge in [0.15, 0.2) is 17.5 Å². The van der Waals surface area contributed by atoms with Crippen LogP contribution in [0.3, 0.4) is 0 Å². The van der Waals surface area contributed by atoms with Gasteiger partial charge in [0.2, 0.25) is 5.91 Å². The van der Waals surface area contributed by atoms with E-state index < -0.39 is 0 Å². The molecule has 2 rings (SSSR count). The van der Waals surface area contributed by atoms with Crippen molar-refractivity contribution in [1.82, 2.24) is 5.32 Å². The number of carbonyl (C=O) groups excluding carboxylic acids is 1. The molecule has 7 heteroatoms. The van der Waals surface area contributed by atoms with Crippen LogP contribution >= 0.6 is 0 Å². The van der Waals surface area contributed by atoms with Crippen molar-refractivity contribution in [2.24, 2.45) is 4.99 Å². The molecule has 27 heavy (non-hydrogen) atoms. The standard InChI is InChI=1S/C20H26N4O3/c1-4-21-20(22-14-19(25)23-15-9-7-6-8-10-15)24-16-11-12-17(27-5-2)18(13-16)26-3/h6-13H,4-5,14H2,1-3H3,(H,23,25)(H2,21,22,24).